The van der Waals surface area contributed by atoms with Crippen molar-refractivity contribution < 1.29 is 19.1 Å². The first kappa shape index (κ1) is 16.4. The molecule has 0 radical (unpaired) electrons. The molecule has 6 nitrogen and oxygen atoms in total. The summed E-state index contributed by atoms with van der Waals surface area (Å²) in [4.78, 5) is 28.8. The number of likely N-dealkylation sites (tertiary alicyclic amines) is 1. The van der Waals surface area contributed by atoms with Gasteiger partial charge in [0.25, 0.3) is 5.91 Å². The maximum atomic E-state index is 12.9. The molecule has 2 bridgehead atoms. The zero-order valence-electron chi connectivity index (χ0n) is 14.5. The summed E-state index contributed by atoms with van der Waals surface area (Å²) in [5.74, 6) is 0.986. The number of carbonyl (C=O) groups excluding carboxylic acids is 2. The third-order valence-electron chi connectivity index (χ3n) is 4.82. The van der Waals surface area contributed by atoms with Crippen LogP contribution in [0.4, 0.5) is 5.69 Å². The van der Waals surface area contributed by atoms with Crippen molar-refractivity contribution in [3.05, 3.63) is 54.6 Å². The second kappa shape index (κ2) is 6.71. The average molecular weight is 352 g/mol. The monoisotopic (exact) mass is 352 g/mol. The number of fused-ring (bicyclic) bond motifs is 3. The minimum absolute atomic E-state index is 0.100. The molecule has 1 fully saturated rings. The van der Waals surface area contributed by atoms with Gasteiger partial charge in [-0.2, -0.15) is 0 Å². The predicted molar refractivity (Wildman–Crippen MR) is 96.3 cm³/mol. The molecule has 2 aromatic carbocycles. The number of nitrogens with zero attached hydrogens (tertiary/aromatic N) is 2. The molecule has 1 saturated heterocycles. The number of para-hydroxylation sites is 3. The molecule has 6 heteroatoms. The Morgan fingerprint density at radius 1 is 1.15 bits per heavy atom. The van der Waals surface area contributed by atoms with Crippen LogP contribution >= 0.6 is 0 Å². The number of anilines is 1. The summed E-state index contributed by atoms with van der Waals surface area (Å²) in [6.07, 6.45) is 0.300. The summed E-state index contributed by atoms with van der Waals surface area (Å²) in [5.41, 5.74) is 0.724. The summed E-state index contributed by atoms with van der Waals surface area (Å²) in [5, 5.41) is 0. The Hall–Kier alpha value is -3.02. The van der Waals surface area contributed by atoms with E-state index in [1.54, 1.807) is 29.0 Å². The Bertz CT molecular complexity index is 824. The van der Waals surface area contributed by atoms with E-state index in [1.165, 1.54) is 0 Å². The van der Waals surface area contributed by atoms with E-state index in [-0.39, 0.29) is 24.5 Å². The third-order valence-corrected chi connectivity index (χ3v) is 4.82. The van der Waals surface area contributed by atoms with Crippen molar-refractivity contribution in [2.45, 2.75) is 18.6 Å². The Kier molecular flexibility index (Phi) is 4.24. The number of ether oxygens (including phenoxy) is 2. The van der Waals surface area contributed by atoms with Gasteiger partial charge >= 0.3 is 0 Å². The molecule has 26 heavy (non-hydrogen) atoms. The summed E-state index contributed by atoms with van der Waals surface area (Å²) in [6.45, 7) is 0.284. The number of rotatable bonds is 3. The lowest BCUT2D eigenvalue weighted by atomic mass is 10.1. The van der Waals surface area contributed by atoms with Crippen LogP contribution in [0.2, 0.25) is 0 Å². The van der Waals surface area contributed by atoms with E-state index < -0.39 is 6.04 Å². The lowest BCUT2D eigenvalue weighted by Gasteiger charge is -2.29. The maximum absolute atomic E-state index is 12.9. The van der Waals surface area contributed by atoms with Crippen LogP contribution < -0.4 is 14.4 Å². The Morgan fingerprint density at radius 3 is 2.69 bits per heavy atom. The van der Waals surface area contributed by atoms with Crippen LogP contribution in [0, 0.1) is 0 Å². The Morgan fingerprint density at radius 2 is 1.88 bits per heavy atom. The van der Waals surface area contributed by atoms with Crippen molar-refractivity contribution in [3.8, 4) is 11.5 Å². The van der Waals surface area contributed by atoms with Gasteiger partial charge in [0.05, 0.1) is 12.2 Å². The highest BCUT2D eigenvalue weighted by molar-refractivity contribution is 6.00. The van der Waals surface area contributed by atoms with Crippen molar-refractivity contribution in [1.29, 1.82) is 0 Å². The standard InChI is InChI=1S/C20H20N2O4/c1-21-16-9-5-6-10-18(16)26-15-11-17(20(21)24)22(12-15)19(23)13-25-14-7-3-2-4-8-14/h2-10,15,17H,11-13H2,1H3. The molecule has 2 aliphatic heterocycles. The molecule has 2 aliphatic rings. The molecule has 4 rings (SSSR count). The first-order valence-electron chi connectivity index (χ1n) is 8.64. The van der Waals surface area contributed by atoms with E-state index in [9.17, 15) is 9.59 Å². The largest absolute Gasteiger partial charge is 0.486 e. The summed E-state index contributed by atoms with van der Waals surface area (Å²) in [6, 6.07) is 16.1. The first-order valence-corrected chi connectivity index (χ1v) is 8.64. The first-order chi connectivity index (χ1) is 12.6. The molecule has 2 aromatic rings. The van der Waals surface area contributed by atoms with Crippen LogP contribution in [-0.2, 0) is 9.59 Å². The van der Waals surface area contributed by atoms with E-state index in [0.717, 1.165) is 5.69 Å². The molecule has 2 amide bonds. The molecule has 2 heterocycles. The van der Waals surface area contributed by atoms with E-state index in [2.05, 4.69) is 0 Å². The van der Waals surface area contributed by atoms with Gasteiger partial charge in [0.1, 0.15) is 23.6 Å². The molecule has 134 valence electrons. The van der Waals surface area contributed by atoms with Crippen LogP contribution in [0.15, 0.2) is 54.6 Å². The van der Waals surface area contributed by atoms with Gasteiger partial charge in [-0.15, -0.1) is 0 Å². The summed E-state index contributed by atoms with van der Waals surface area (Å²) >= 11 is 0. The molecule has 2 unspecified atom stereocenters. The number of carbonyl (C=O) groups is 2. The van der Waals surface area contributed by atoms with Crippen LogP contribution in [0.25, 0.3) is 0 Å². The maximum Gasteiger partial charge on any atom is 0.261 e. The van der Waals surface area contributed by atoms with Crippen LogP contribution in [0.5, 0.6) is 11.5 Å². The van der Waals surface area contributed by atoms with Gasteiger partial charge in [0, 0.05) is 13.5 Å². The molecular weight excluding hydrogens is 332 g/mol. The average Bonchev–Trinajstić information content (AvgIpc) is 3.10. The minimum atomic E-state index is -0.523. The van der Waals surface area contributed by atoms with Crippen LogP contribution in [-0.4, -0.2) is 49.1 Å². The van der Waals surface area contributed by atoms with E-state index in [0.29, 0.717) is 24.5 Å². The quantitative estimate of drug-likeness (QED) is 0.849. The lowest BCUT2D eigenvalue weighted by Crippen LogP contribution is -2.48. The molecular formula is C20H20N2O4. The van der Waals surface area contributed by atoms with Crippen molar-refractivity contribution in [2.24, 2.45) is 0 Å². The second-order valence-electron chi connectivity index (χ2n) is 6.50. The summed E-state index contributed by atoms with van der Waals surface area (Å²) in [7, 11) is 1.71. The highest BCUT2D eigenvalue weighted by atomic mass is 16.5. The molecule has 0 aromatic heterocycles. The van der Waals surface area contributed by atoms with E-state index in [1.807, 2.05) is 42.5 Å². The third kappa shape index (κ3) is 2.98. The fraction of sp³-hybridized carbons (Fsp3) is 0.300. The number of benzene rings is 2. The van der Waals surface area contributed by atoms with Crippen LogP contribution in [0.3, 0.4) is 0 Å². The van der Waals surface area contributed by atoms with Gasteiger partial charge in [-0.3, -0.25) is 9.59 Å². The number of hydrogen-bond donors (Lipinski definition) is 0. The summed E-state index contributed by atoms with van der Waals surface area (Å²) < 4.78 is 11.6. The van der Waals surface area contributed by atoms with Crippen molar-refractivity contribution in [1.82, 2.24) is 4.90 Å². The predicted octanol–water partition coefficient (Wildman–Crippen LogP) is 2.09. The second-order valence-corrected chi connectivity index (χ2v) is 6.50. The zero-order chi connectivity index (χ0) is 18.1. The van der Waals surface area contributed by atoms with Crippen LogP contribution in [0.1, 0.15) is 6.42 Å². The molecule has 0 spiro atoms. The highest BCUT2D eigenvalue weighted by Gasteiger charge is 2.44. The SMILES string of the molecule is CN1C(=O)C2CC(CN2C(=O)COc2ccccc2)Oc2ccccc21. The molecule has 0 aliphatic carbocycles. The topological polar surface area (TPSA) is 59.1 Å². The molecule has 0 saturated carbocycles. The lowest BCUT2D eigenvalue weighted by molar-refractivity contribution is -0.139. The Balaban J connectivity index is 1.52. The smallest absolute Gasteiger partial charge is 0.261 e. The van der Waals surface area contributed by atoms with Gasteiger partial charge < -0.3 is 19.3 Å². The fourth-order valence-corrected chi connectivity index (χ4v) is 3.49. The van der Waals surface area contributed by atoms with E-state index in [4.69, 9.17) is 9.47 Å². The number of hydrogen-bond acceptors (Lipinski definition) is 4. The molecule has 2 atom stereocenters. The number of likely N-dealkylation sites (N-methyl/N-ethyl adjacent to an activating group) is 1. The van der Waals surface area contributed by atoms with Gasteiger partial charge in [-0.25, -0.2) is 0 Å². The van der Waals surface area contributed by atoms with Crippen molar-refractivity contribution in [2.75, 3.05) is 25.1 Å². The van der Waals surface area contributed by atoms with Gasteiger partial charge in [0.15, 0.2) is 6.61 Å². The van der Waals surface area contributed by atoms with E-state index >= 15 is 0 Å². The highest BCUT2D eigenvalue weighted by Crippen LogP contribution is 2.35. The molecule has 0 N–H and O–H groups in total. The fourth-order valence-electron chi connectivity index (χ4n) is 3.49. The zero-order valence-corrected chi connectivity index (χ0v) is 14.5. The minimum Gasteiger partial charge on any atom is -0.486 e. The Labute approximate surface area is 151 Å². The van der Waals surface area contributed by atoms with Gasteiger partial charge in [0.2, 0.25) is 5.91 Å². The van der Waals surface area contributed by atoms with Crippen molar-refractivity contribution in [3.63, 3.8) is 0 Å². The van der Waals surface area contributed by atoms with Gasteiger partial charge in [-0.1, -0.05) is 30.3 Å². The number of amides is 2. The van der Waals surface area contributed by atoms with Gasteiger partial charge in [-0.05, 0) is 24.3 Å². The normalized spacial score (nSPS) is 21.5. The van der Waals surface area contributed by atoms with Crippen molar-refractivity contribution >= 4 is 17.5 Å².